The molecule has 7 heteroatoms. The molecule has 0 aliphatic heterocycles. The van der Waals surface area contributed by atoms with Crippen LogP contribution in [0.1, 0.15) is 50.4 Å². The molecular weight excluding hydrogens is 375 g/mol. The standard InChI is InChI=1S/C20H24F3NO2S/c1-14(24-27(25)19(2,3)4)16-10-17(20(21,22)23)12-18(11-16)26-13-15-8-6-5-7-9-15/h5-12,14,24H,13H2,1-4H3/t14-,27?/m1/s1. The minimum Gasteiger partial charge on any atom is -0.489 e. The number of hydrogen-bond donors (Lipinski definition) is 1. The fourth-order valence-corrected chi connectivity index (χ4v) is 3.08. The van der Waals surface area contributed by atoms with Crippen LogP contribution >= 0.6 is 0 Å². The molecule has 0 saturated heterocycles. The van der Waals surface area contributed by atoms with Crippen molar-refractivity contribution >= 4 is 11.0 Å². The zero-order valence-electron chi connectivity index (χ0n) is 15.8. The summed E-state index contributed by atoms with van der Waals surface area (Å²) in [7, 11) is -1.41. The highest BCUT2D eigenvalue weighted by atomic mass is 32.2. The molecule has 2 atom stereocenters. The highest BCUT2D eigenvalue weighted by molar-refractivity contribution is 7.84. The molecule has 2 aromatic carbocycles. The van der Waals surface area contributed by atoms with E-state index < -0.39 is 33.5 Å². The van der Waals surface area contributed by atoms with Crippen LogP contribution in [0.4, 0.5) is 13.2 Å². The van der Waals surface area contributed by atoms with Gasteiger partial charge in [-0.2, -0.15) is 13.2 Å². The maximum atomic E-state index is 13.3. The molecule has 0 radical (unpaired) electrons. The second-order valence-corrected chi connectivity index (χ2v) is 9.28. The van der Waals surface area contributed by atoms with E-state index in [-0.39, 0.29) is 12.4 Å². The van der Waals surface area contributed by atoms with Crippen molar-refractivity contribution in [3.63, 3.8) is 0 Å². The molecule has 0 saturated carbocycles. The molecule has 0 bridgehead atoms. The second kappa shape index (κ2) is 8.44. The summed E-state index contributed by atoms with van der Waals surface area (Å²) < 4.78 is 60.1. The molecule has 1 unspecified atom stereocenters. The first-order chi connectivity index (χ1) is 12.5. The summed E-state index contributed by atoms with van der Waals surface area (Å²) >= 11 is 0. The number of alkyl halides is 3. The molecular formula is C20H24F3NO2S. The second-order valence-electron chi connectivity index (χ2n) is 7.28. The van der Waals surface area contributed by atoms with Gasteiger partial charge in [-0.05, 0) is 57.0 Å². The van der Waals surface area contributed by atoms with E-state index in [0.717, 1.165) is 17.7 Å². The molecule has 0 aromatic heterocycles. The van der Waals surface area contributed by atoms with Gasteiger partial charge in [0.15, 0.2) is 0 Å². The monoisotopic (exact) mass is 399 g/mol. The first-order valence-corrected chi connectivity index (χ1v) is 9.69. The van der Waals surface area contributed by atoms with E-state index >= 15 is 0 Å². The maximum Gasteiger partial charge on any atom is 0.416 e. The highest BCUT2D eigenvalue weighted by Crippen LogP contribution is 2.34. The van der Waals surface area contributed by atoms with Crippen LogP contribution in [-0.4, -0.2) is 8.96 Å². The van der Waals surface area contributed by atoms with Crippen LogP contribution in [0.2, 0.25) is 0 Å². The zero-order chi connectivity index (χ0) is 20.2. The van der Waals surface area contributed by atoms with Gasteiger partial charge in [-0.1, -0.05) is 30.3 Å². The molecule has 0 aliphatic carbocycles. The van der Waals surface area contributed by atoms with Crippen molar-refractivity contribution in [3.8, 4) is 5.75 Å². The minimum atomic E-state index is -4.50. The molecule has 0 heterocycles. The van der Waals surface area contributed by atoms with Crippen LogP contribution in [0, 0.1) is 0 Å². The number of ether oxygens (including phenoxy) is 1. The molecule has 0 fully saturated rings. The third-order valence-corrected chi connectivity index (χ3v) is 5.52. The van der Waals surface area contributed by atoms with Crippen LogP contribution in [0.15, 0.2) is 48.5 Å². The molecule has 0 spiro atoms. The first-order valence-electron chi connectivity index (χ1n) is 8.54. The van der Waals surface area contributed by atoms with Gasteiger partial charge in [-0.15, -0.1) is 0 Å². The van der Waals surface area contributed by atoms with E-state index in [2.05, 4.69) is 4.72 Å². The Hall–Kier alpha value is -1.86. The summed E-state index contributed by atoms with van der Waals surface area (Å²) in [5, 5.41) is 0. The fraction of sp³-hybridized carbons (Fsp3) is 0.400. The molecule has 0 amide bonds. The van der Waals surface area contributed by atoms with E-state index in [0.29, 0.717) is 5.56 Å². The predicted molar refractivity (Wildman–Crippen MR) is 102 cm³/mol. The van der Waals surface area contributed by atoms with Crippen molar-refractivity contribution < 1.29 is 22.1 Å². The Labute approximate surface area is 160 Å². The molecule has 0 aliphatic rings. The lowest BCUT2D eigenvalue weighted by atomic mass is 10.0. The van der Waals surface area contributed by atoms with Crippen molar-refractivity contribution in [1.29, 1.82) is 0 Å². The Balaban J connectivity index is 2.26. The molecule has 3 nitrogen and oxygen atoms in total. The zero-order valence-corrected chi connectivity index (χ0v) is 16.6. The topological polar surface area (TPSA) is 38.3 Å². The molecule has 2 rings (SSSR count). The van der Waals surface area contributed by atoms with Gasteiger partial charge in [-0.25, -0.2) is 8.93 Å². The summed E-state index contributed by atoms with van der Waals surface area (Å²) in [6.07, 6.45) is -4.50. The molecule has 2 aromatic rings. The van der Waals surface area contributed by atoms with E-state index in [4.69, 9.17) is 4.74 Å². The van der Waals surface area contributed by atoms with Crippen LogP contribution in [0.25, 0.3) is 0 Å². The number of hydrogen-bond acceptors (Lipinski definition) is 2. The van der Waals surface area contributed by atoms with Crippen molar-refractivity contribution in [2.24, 2.45) is 0 Å². The van der Waals surface area contributed by atoms with E-state index in [1.54, 1.807) is 33.8 Å². The van der Waals surface area contributed by atoms with Gasteiger partial charge in [0, 0.05) is 6.04 Å². The summed E-state index contributed by atoms with van der Waals surface area (Å²) in [4.78, 5) is 0. The minimum absolute atomic E-state index is 0.124. The van der Waals surface area contributed by atoms with E-state index in [1.165, 1.54) is 0 Å². The average molecular weight is 399 g/mol. The van der Waals surface area contributed by atoms with E-state index in [9.17, 15) is 17.4 Å². The number of rotatable bonds is 6. The van der Waals surface area contributed by atoms with Gasteiger partial charge in [0.1, 0.15) is 12.4 Å². The molecule has 148 valence electrons. The number of benzene rings is 2. The van der Waals surface area contributed by atoms with Crippen LogP contribution in [0.3, 0.4) is 0 Å². The van der Waals surface area contributed by atoms with Crippen LogP contribution in [-0.2, 0) is 23.8 Å². The van der Waals surface area contributed by atoms with Crippen molar-refractivity contribution in [3.05, 3.63) is 65.2 Å². The van der Waals surface area contributed by atoms with Crippen molar-refractivity contribution in [2.75, 3.05) is 0 Å². The Morgan fingerprint density at radius 3 is 2.26 bits per heavy atom. The normalized spacial score (nSPS) is 14.6. The van der Waals surface area contributed by atoms with Crippen molar-refractivity contribution in [2.45, 2.75) is 51.3 Å². The van der Waals surface area contributed by atoms with Crippen LogP contribution < -0.4 is 9.46 Å². The van der Waals surface area contributed by atoms with Crippen molar-refractivity contribution in [1.82, 2.24) is 4.72 Å². The largest absolute Gasteiger partial charge is 0.489 e. The highest BCUT2D eigenvalue weighted by Gasteiger charge is 2.32. The van der Waals surface area contributed by atoms with Crippen LogP contribution in [0.5, 0.6) is 5.75 Å². The summed E-state index contributed by atoms with van der Waals surface area (Å²) in [6.45, 7) is 7.23. The van der Waals surface area contributed by atoms with Gasteiger partial charge in [0.2, 0.25) is 0 Å². The lowest BCUT2D eigenvalue weighted by Crippen LogP contribution is -2.34. The summed E-state index contributed by atoms with van der Waals surface area (Å²) in [6, 6.07) is 12.3. The first kappa shape index (κ1) is 21.4. The number of halogens is 3. The van der Waals surface area contributed by atoms with Gasteiger partial charge < -0.3 is 4.74 Å². The third-order valence-electron chi connectivity index (χ3n) is 3.84. The quantitative estimate of drug-likeness (QED) is 0.707. The maximum absolute atomic E-state index is 13.3. The van der Waals surface area contributed by atoms with Gasteiger partial charge >= 0.3 is 6.18 Å². The fourth-order valence-electron chi connectivity index (χ4n) is 2.27. The van der Waals surface area contributed by atoms with Gasteiger partial charge in [0.05, 0.1) is 21.3 Å². The summed E-state index contributed by atoms with van der Waals surface area (Å²) in [5.74, 6) is 0.124. The Kier molecular flexibility index (Phi) is 6.70. The Bertz CT molecular complexity index is 786. The average Bonchev–Trinajstić information content (AvgIpc) is 2.59. The molecule has 27 heavy (non-hydrogen) atoms. The van der Waals surface area contributed by atoms with E-state index in [1.807, 2.05) is 30.3 Å². The smallest absolute Gasteiger partial charge is 0.416 e. The Morgan fingerprint density at radius 1 is 1.07 bits per heavy atom. The predicted octanol–water partition coefficient (Wildman–Crippen LogP) is 5.40. The van der Waals surface area contributed by atoms with Gasteiger partial charge in [0.25, 0.3) is 0 Å². The lowest BCUT2D eigenvalue weighted by Gasteiger charge is -2.23. The summed E-state index contributed by atoms with van der Waals surface area (Å²) in [5.41, 5.74) is 0.431. The SMILES string of the molecule is C[C@@H](NS(=O)C(C)(C)C)c1cc(OCc2ccccc2)cc(C(F)(F)F)c1. The number of nitrogens with one attached hydrogen (secondary N) is 1. The third kappa shape index (κ3) is 6.36. The molecule has 1 N–H and O–H groups in total. The lowest BCUT2D eigenvalue weighted by molar-refractivity contribution is -0.137. The Morgan fingerprint density at radius 2 is 1.70 bits per heavy atom. The van der Waals surface area contributed by atoms with Gasteiger partial charge in [-0.3, -0.25) is 0 Å².